The normalized spacial score (nSPS) is 18.2. The summed E-state index contributed by atoms with van der Waals surface area (Å²) < 4.78 is 5.82. The lowest BCUT2D eigenvalue weighted by atomic mass is 10.0. The summed E-state index contributed by atoms with van der Waals surface area (Å²) in [5.41, 5.74) is 4.00. The summed E-state index contributed by atoms with van der Waals surface area (Å²) in [6.07, 6.45) is 0.974. The van der Waals surface area contributed by atoms with Crippen LogP contribution in [0.3, 0.4) is 0 Å². The van der Waals surface area contributed by atoms with E-state index in [0.29, 0.717) is 35.3 Å². The quantitative estimate of drug-likeness (QED) is 0.661. The second-order valence-corrected chi connectivity index (χ2v) is 7.42. The van der Waals surface area contributed by atoms with E-state index in [1.807, 2.05) is 30.3 Å². The van der Waals surface area contributed by atoms with Crippen molar-refractivity contribution in [1.29, 1.82) is 0 Å². The lowest BCUT2D eigenvalue weighted by molar-refractivity contribution is -0.124. The molecular weight excluding hydrogens is 398 g/mol. The van der Waals surface area contributed by atoms with E-state index in [2.05, 4.69) is 30.9 Å². The summed E-state index contributed by atoms with van der Waals surface area (Å²) in [5, 5.41) is 21.5. The van der Waals surface area contributed by atoms with Crippen molar-refractivity contribution >= 4 is 40.0 Å². The Bertz CT molecular complexity index is 1230. The van der Waals surface area contributed by atoms with E-state index in [1.165, 1.54) is 4.90 Å². The van der Waals surface area contributed by atoms with E-state index in [1.54, 1.807) is 19.2 Å². The van der Waals surface area contributed by atoms with Crippen LogP contribution in [-0.4, -0.2) is 58.3 Å². The second-order valence-electron chi connectivity index (χ2n) is 7.42. The van der Waals surface area contributed by atoms with Gasteiger partial charge in [-0.25, -0.2) is 0 Å². The molecule has 0 spiro atoms. The van der Waals surface area contributed by atoms with E-state index in [0.717, 1.165) is 11.3 Å². The van der Waals surface area contributed by atoms with Gasteiger partial charge in [0.15, 0.2) is 0 Å². The van der Waals surface area contributed by atoms with Gasteiger partial charge in [-0.3, -0.25) is 9.59 Å². The number of H-pyrrole nitrogens is 1. The maximum atomic E-state index is 13.0. The third-order valence-corrected chi connectivity index (χ3v) is 5.29. The van der Waals surface area contributed by atoms with Gasteiger partial charge in [0, 0.05) is 26.0 Å². The van der Waals surface area contributed by atoms with Crippen molar-refractivity contribution in [2.75, 3.05) is 18.6 Å². The number of anilines is 1. The summed E-state index contributed by atoms with van der Waals surface area (Å²) in [6, 6.07) is 12.5. The maximum absolute atomic E-state index is 13.0. The van der Waals surface area contributed by atoms with E-state index in [-0.39, 0.29) is 18.2 Å². The number of fused-ring (bicyclic) bond motifs is 2. The zero-order valence-electron chi connectivity index (χ0n) is 16.7. The van der Waals surface area contributed by atoms with Crippen molar-refractivity contribution in [3.05, 3.63) is 48.0 Å². The van der Waals surface area contributed by atoms with Crippen LogP contribution < -0.4 is 15.0 Å². The van der Waals surface area contributed by atoms with Crippen molar-refractivity contribution < 1.29 is 14.3 Å². The number of ether oxygens (including phenoxy) is 1. The fraction of sp³-hybridized carbons (Fsp3) is 0.238. The minimum absolute atomic E-state index is 0.00369. The van der Waals surface area contributed by atoms with Gasteiger partial charge >= 0.3 is 0 Å². The molecule has 0 unspecified atom stereocenters. The molecule has 5 rings (SSSR count). The topological polar surface area (TPSA) is 125 Å². The molecule has 1 atom stereocenters. The van der Waals surface area contributed by atoms with Crippen molar-refractivity contribution in [3.63, 3.8) is 0 Å². The summed E-state index contributed by atoms with van der Waals surface area (Å²) in [5.74, 6) is -0.218. The molecule has 0 saturated carbocycles. The highest BCUT2D eigenvalue weighted by Crippen LogP contribution is 2.33. The van der Waals surface area contributed by atoms with Crippen LogP contribution in [0.5, 0.6) is 5.75 Å². The Hall–Kier alpha value is -4.08. The summed E-state index contributed by atoms with van der Waals surface area (Å²) in [4.78, 5) is 27.1. The van der Waals surface area contributed by atoms with Crippen molar-refractivity contribution in [1.82, 2.24) is 20.7 Å². The fourth-order valence-corrected chi connectivity index (χ4v) is 3.63. The lowest BCUT2D eigenvalue weighted by Gasteiger charge is -2.20. The first-order chi connectivity index (χ1) is 15.1. The number of hydrogen-bond acceptors (Lipinski definition) is 7. The van der Waals surface area contributed by atoms with Crippen LogP contribution >= 0.6 is 0 Å². The average molecular weight is 417 g/mol. The van der Waals surface area contributed by atoms with Gasteiger partial charge in [0.2, 0.25) is 0 Å². The molecule has 0 saturated heterocycles. The minimum atomic E-state index is -0.854. The number of aromatic amines is 1. The number of likely N-dealkylation sites (N-methyl/N-ethyl adjacent to an activating group) is 1. The molecular formula is C21H19N7O3. The van der Waals surface area contributed by atoms with Crippen LogP contribution in [-0.2, 0) is 16.0 Å². The number of rotatable bonds is 4. The molecule has 3 aromatic rings. The fourth-order valence-electron chi connectivity index (χ4n) is 3.63. The van der Waals surface area contributed by atoms with E-state index in [9.17, 15) is 9.59 Å². The molecule has 10 heteroatoms. The number of hydrogen-bond donors (Lipinski definition) is 2. The smallest absolute Gasteiger partial charge is 0.268 e. The Balaban J connectivity index is 1.25. The molecule has 0 bridgehead atoms. The first-order valence-corrected chi connectivity index (χ1v) is 9.80. The molecule has 0 aliphatic carbocycles. The van der Waals surface area contributed by atoms with E-state index >= 15 is 0 Å². The van der Waals surface area contributed by atoms with Gasteiger partial charge in [-0.15, -0.1) is 5.10 Å². The molecule has 156 valence electrons. The van der Waals surface area contributed by atoms with Crippen molar-refractivity contribution in [3.8, 4) is 5.75 Å². The van der Waals surface area contributed by atoms with Crippen LogP contribution in [0.1, 0.15) is 12.0 Å². The molecule has 10 nitrogen and oxygen atoms in total. The largest absolute Gasteiger partial charge is 0.489 e. The molecule has 0 fully saturated rings. The number of carbonyl (C=O) groups is 2. The van der Waals surface area contributed by atoms with E-state index < -0.39 is 11.9 Å². The molecule has 2 aliphatic heterocycles. The van der Waals surface area contributed by atoms with Crippen molar-refractivity contribution in [2.24, 2.45) is 10.2 Å². The molecule has 2 N–H and O–H groups in total. The lowest BCUT2D eigenvalue weighted by Crippen LogP contribution is -2.51. The molecule has 31 heavy (non-hydrogen) atoms. The Morgan fingerprint density at radius 3 is 2.77 bits per heavy atom. The standard InChI is InChI=1S/C21H19N7O3/c1-28-18-9-14-15(26-27-25-14)10-19(18)31-11-17(21(28)30)22-20(29)16-8-13(23-24-16)7-12-5-3-2-4-6-12/h2-6,9-10,17H,7-8,11H2,1H3,(H,22,29)(H,25,26,27)/t17-/m0/s1. The van der Waals surface area contributed by atoms with Crippen LogP contribution in [0.25, 0.3) is 11.0 Å². The SMILES string of the molecule is CN1C(=O)[C@@H](NC(=O)C2=NN=C(Cc3ccccc3)C2)COc2cc3n[nH]nc3cc21. The summed E-state index contributed by atoms with van der Waals surface area (Å²) in [6.45, 7) is -0.00369. The monoisotopic (exact) mass is 417 g/mol. The zero-order chi connectivity index (χ0) is 21.4. The third kappa shape index (κ3) is 3.63. The van der Waals surface area contributed by atoms with Crippen LogP contribution in [0.15, 0.2) is 52.7 Å². The highest BCUT2D eigenvalue weighted by molar-refractivity contribution is 6.43. The number of nitrogens with zero attached hydrogens (tertiary/aromatic N) is 5. The first kappa shape index (κ1) is 18.9. The van der Waals surface area contributed by atoms with Gasteiger partial charge in [0.1, 0.15) is 35.1 Å². The van der Waals surface area contributed by atoms with Crippen molar-refractivity contribution in [2.45, 2.75) is 18.9 Å². The number of benzene rings is 2. The third-order valence-electron chi connectivity index (χ3n) is 5.29. The molecule has 0 radical (unpaired) electrons. The summed E-state index contributed by atoms with van der Waals surface area (Å²) >= 11 is 0. The Morgan fingerprint density at radius 1 is 1.19 bits per heavy atom. The van der Waals surface area contributed by atoms with Gasteiger partial charge in [-0.05, 0) is 11.6 Å². The van der Waals surface area contributed by atoms with E-state index in [4.69, 9.17) is 4.74 Å². The number of nitrogens with one attached hydrogen (secondary N) is 2. The van der Waals surface area contributed by atoms with Gasteiger partial charge < -0.3 is 15.0 Å². The maximum Gasteiger partial charge on any atom is 0.268 e. The second kappa shape index (κ2) is 7.63. The molecule has 2 amide bonds. The summed E-state index contributed by atoms with van der Waals surface area (Å²) in [7, 11) is 1.63. The number of amides is 2. The predicted octanol–water partition coefficient (Wildman–Crippen LogP) is 1.24. The molecule has 2 aliphatic rings. The minimum Gasteiger partial charge on any atom is -0.489 e. The number of aromatic nitrogens is 3. The Kier molecular flexibility index (Phi) is 4.66. The molecule has 1 aromatic heterocycles. The predicted molar refractivity (Wildman–Crippen MR) is 114 cm³/mol. The van der Waals surface area contributed by atoms with Gasteiger partial charge in [-0.1, -0.05) is 30.3 Å². The van der Waals surface area contributed by atoms with Gasteiger partial charge in [0.05, 0.1) is 11.4 Å². The van der Waals surface area contributed by atoms with Gasteiger partial charge in [-0.2, -0.15) is 20.5 Å². The van der Waals surface area contributed by atoms with Crippen LogP contribution in [0, 0.1) is 0 Å². The van der Waals surface area contributed by atoms with Crippen LogP contribution in [0.2, 0.25) is 0 Å². The van der Waals surface area contributed by atoms with Crippen LogP contribution in [0.4, 0.5) is 5.69 Å². The highest BCUT2D eigenvalue weighted by atomic mass is 16.5. The Morgan fingerprint density at radius 2 is 1.97 bits per heavy atom. The molecule has 3 heterocycles. The highest BCUT2D eigenvalue weighted by Gasteiger charge is 2.32. The van der Waals surface area contributed by atoms with Gasteiger partial charge in [0.25, 0.3) is 11.8 Å². The first-order valence-electron chi connectivity index (χ1n) is 9.80. The molecule has 2 aromatic carbocycles. The average Bonchev–Trinajstić information content (AvgIpc) is 3.42. The Labute approximate surface area is 177 Å². The zero-order valence-corrected chi connectivity index (χ0v) is 16.7. The number of carbonyl (C=O) groups excluding carboxylic acids is 2.